The van der Waals surface area contributed by atoms with Gasteiger partial charge in [0.05, 0.1) is 30.3 Å². The van der Waals surface area contributed by atoms with E-state index in [2.05, 4.69) is 15.5 Å². The van der Waals surface area contributed by atoms with Crippen molar-refractivity contribution in [2.24, 2.45) is 0 Å². The second-order valence-electron chi connectivity index (χ2n) is 5.68. The maximum Gasteiger partial charge on any atom is 0.321 e. The highest BCUT2D eigenvalue weighted by molar-refractivity contribution is 6.36. The zero-order chi connectivity index (χ0) is 18.2. The van der Waals surface area contributed by atoms with E-state index in [-0.39, 0.29) is 6.42 Å². The van der Waals surface area contributed by atoms with Crippen LogP contribution in [0.1, 0.15) is 6.42 Å². The van der Waals surface area contributed by atoms with Crippen LogP contribution in [0.4, 0.5) is 5.69 Å². The number of morpholine rings is 1. The van der Waals surface area contributed by atoms with Crippen molar-refractivity contribution in [1.29, 1.82) is 0 Å². The Morgan fingerprint density at radius 1 is 1.28 bits per heavy atom. The van der Waals surface area contributed by atoms with Crippen LogP contribution in [0.15, 0.2) is 18.2 Å². The number of rotatable bonds is 8. The molecule has 0 saturated carbocycles. The van der Waals surface area contributed by atoms with Gasteiger partial charge in [-0.2, -0.15) is 0 Å². The molecule has 1 aromatic carbocycles. The van der Waals surface area contributed by atoms with Gasteiger partial charge in [0.1, 0.15) is 6.04 Å². The average Bonchev–Trinajstić information content (AvgIpc) is 2.57. The molecule has 0 aliphatic carbocycles. The predicted molar refractivity (Wildman–Crippen MR) is 96.4 cm³/mol. The number of ether oxygens (including phenoxy) is 1. The van der Waals surface area contributed by atoms with Crippen LogP contribution in [-0.2, 0) is 14.3 Å². The minimum atomic E-state index is -1.07. The van der Waals surface area contributed by atoms with Crippen molar-refractivity contribution in [3.8, 4) is 0 Å². The molecule has 1 aromatic rings. The van der Waals surface area contributed by atoms with Crippen molar-refractivity contribution in [2.75, 3.05) is 44.7 Å². The molecule has 2 rings (SSSR count). The molecule has 1 aliphatic rings. The summed E-state index contributed by atoms with van der Waals surface area (Å²) >= 11 is 11.8. The van der Waals surface area contributed by atoms with Gasteiger partial charge in [-0.3, -0.25) is 14.5 Å². The smallest absolute Gasteiger partial charge is 0.321 e. The van der Waals surface area contributed by atoms with Crippen LogP contribution in [-0.4, -0.2) is 67.3 Å². The molecule has 1 heterocycles. The highest BCUT2D eigenvalue weighted by atomic mass is 35.5. The van der Waals surface area contributed by atoms with Gasteiger partial charge in [0, 0.05) is 31.2 Å². The first-order chi connectivity index (χ1) is 12.0. The average molecular weight is 390 g/mol. The van der Waals surface area contributed by atoms with Crippen molar-refractivity contribution >= 4 is 40.8 Å². The molecule has 3 N–H and O–H groups in total. The van der Waals surface area contributed by atoms with E-state index in [1.54, 1.807) is 12.1 Å². The Morgan fingerprint density at radius 2 is 2.00 bits per heavy atom. The maximum atomic E-state index is 12.1. The number of anilines is 1. The van der Waals surface area contributed by atoms with E-state index in [1.807, 2.05) is 0 Å². The Labute approximate surface area is 156 Å². The van der Waals surface area contributed by atoms with Crippen LogP contribution in [0, 0.1) is 0 Å². The molecule has 7 nitrogen and oxygen atoms in total. The number of benzene rings is 1. The first kappa shape index (κ1) is 19.9. The van der Waals surface area contributed by atoms with Crippen molar-refractivity contribution < 1.29 is 19.4 Å². The highest BCUT2D eigenvalue weighted by Gasteiger charge is 2.21. The number of carbonyl (C=O) groups is 2. The number of nitrogens with one attached hydrogen (secondary N) is 2. The van der Waals surface area contributed by atoms with Crippen molar-refractivity contribution in [2.45, 2.75) is 12.5 Å². The SMILES string of the molecule is O=C(CC(NCCN1CCOCC1)C(=O)O)Nc1ccc(Cl)cc1Cl. The van der Waals surface area contributed by atoms with Crippen LogP contribution in [0.5, 0.6) is 0 Å². The molecule has 1 aliphatic heterocycles. The van der Waals surface area contributed by atoms with E-state index in [0.29, 0.717) is 42.0 Å². The summed E-state index contributed by atoms with van der Waals surface area (Å²) < 4.78 is 5.26. The standard InChI is InChI=1S/C16H21Cl2N3O4/c17-11-1-2-13(12(18)9-11)20-15(22)10-14(16(23)24)19-3-4-21-5-7-25-8-6-21/h1-2,9,14,19H,3-8,10H2,(H,20,22)(H,23,24). The van der Waals surface area contributed by atoms with Crippen LogP contribution in [0.2, 0.25) is 10.0 Å². The number of carbonyl (C=O) groups excluding carboxylic acids is 1. The molecule has 1 atom stereocenters. The number of hydrogen-bond acceptors (Lipinski definition) is 5. The lowest BCUT2D eigenvalue weighted by atomic mass is 10.2. The quantitative estimate of drug-likeness (QED) is 0.626. The summed E-state index contributed by atoms with van der Waals surface area (Å²) in [6, 6.07) is 3.71. The lowest BCUT2D eigenvalue weighted by Gasteiger charge is -2.27. The molecule has 1 saturated heterocycles. The van der Waals surface area contributed by atoms with Gasteiger partial charge in [-0.05, 0) is 18.2 Å². The van der Waals surface area contributed by atoms with E-state index in [4.69, 9.17) is 27.9 Å². The summed E-state index contributed by atoms with van der Waals surface area (Å²) in [6.45, 7) is 4.22. The summed E-state index contributed by atoms with van der Waals surface area (Å²) in [5.74, 6) is -1.50. The minimum absolute atomic E-state index is 0.197. The number of carboxylic acid groups (broad SMARTS) is 1. The van der Waals surface area contributed by atoms with Gasteiger partial charge >= 0.3 is 5.97 Å². The normalized spacial score (nSPS) is 16.4. The molecule has 0 spiro atoms. The second kappa shape index (κ2) is 9.94. The predicted octanol–water partition coefficient (Wildman–Crippen LogP) is 1.70. The Morgan fingerprint density at radius 3 is 2.64 bits per heavy atom. The van der Waals surface area contributed by atoms with Gasteiger partial charge in [0.25, 0.3) is 0 Å². The summed E-state index contributed by atoms with van der Waals surface area (Å²) in [6.07, 6.45) is -0.197. The fourth-order valence-electron chi connectivity index (χ4n) is 2.45. The zero-order valence-corrected chi connectivity index (χ0v) is 15.1. The first-order valence-electron chi connectivity index (χ1n) is 7.97. The van der Waals surface area contributed by atoms with Crippen LogP contribution >= 0.6 is 23.2 Å². The van der Waals surface area contributed by atoms with Crippen molar-refractivity contribution in [1.82, 2.24) is 10.2 Å². The Hall–Kier alpha value is -1.38. The van der Waals surface area contributed by atoms with Gasteiger partial charge < -0.3 is 20.5 Å². The molecular formula is C16H21Cl2N3O4. The fourth-order valence-corrected chi connectivity index (χ4v) is 2.90. The number of nitrogens with zero attached hydrogens (tertiary/aromatic N) is 1. The zero-order valence-electron chi connectivity index (χ0n) is 13.6. The Kier molecular flexibility index (Phi) is 7.92. The molecular weight excluding hydrogens is 369 g/mol. The molecule has 138 valence electrons. The van der Waals surface area contributed by atoms with E-state index >= 15 is 0 Å². The fraction of sp³-hybridized carbons (Fsp3) is 0.500. The molecule has 0 aromatic heterocycles. The van der Waals surface area contributed by atoms with Crippen molar-refractivity contribution in [3.05, 3.63) is 28.2 Å². The number of halogens is 2. The van der Waals surface area contributed by atoms with Crippen LogP contribution < -0.4 is 10.6 Å². The Balaban J connectivity index is 1.81. The first-order valence-corrected chi connectivity index (χ1v) is 8.72. The van der Waals surface area contributed by atoms with E-state index in [0.717, 1.165) is 13.1 Å². The highest BCUT2D eigenvalue weighted by Crippen LogP contribution is 2.25. The largest absolute Gasteiger partial charge is 0.480 e. The third kappa shape index (κ3) is 6.80. The Bertz CT molecular complexity index is 609. The lowest BCUT2D eigenvalue weighted by molar-refractivity contribution is -0.141. The summed E-state index contributed by atoms with van der Waals surface area (Å²) in [7, 11) is 0. The van der Waals surface area contributed by atoms with Gasteiger partial charge in [-0.15, -0.1) is 0 Å². The third-order valence-corrected chi connectivity index (χ3v) is 4.36. The monoisotopic (exact) mass is 389 g/mol. The van der Waals surface area contributed by atoms with Crippen LogP contribution in [0.25, 0.3) is 0 Å². The number of aliphatic carboxylic acids is 1. The summed E-state index contributed by atoms with van der Waals surface area (Å²) in [5.41, 5.74) is 0.397. The lowest BCUT2D eigenvalue weighted by Crippen LogP contribution is -2.45. The van der Waals surface area contributed by atoms with Crippen LogP contribution in [0.3, 0.4) is 0 Å². The molecule has 0 bridgehead atoms. The number of hydrogen-bond donors (Lipinski definition) is 3. The second-order valence-corrected chi connectivity index (χ2v) is 6.52. The minimum Gasteiger partial charge on any atom is -0.480 e. The summed E-state index contributed by atoms with van der Waals surface area (Å²) in [4.78, 5) is 25.6. The van der Waals surface area contributed by atoms with E-state index < -0.39 is 17.9 Å². The number of carboxylic acids is 1. The van der Waals surface area contributed by atoms with Gasteiger partial charge in [-0.25, -0.2) is 0 Å². The molecule has 9 heteroatoms. The molecule has 1 amide bonds. The number of amides is 1. The van der Waals surface area contributed by atoms with E-state index in [1.165, 1.54) is 6.07 Å². The molecule has 1 unspecified atom stereocenters. The molecule has 25 heavy (non-hydrogen) atoms. The summed E-state index contributed by atoms with van der Waals surface area (Å²) in [5, 5.41) is 15.6. The molecule has 0 radical (unpaired) electrons. The molecule has 1 fully saturated rings. The topological polar surface area (TPSA) is 90.9 Å². The maximum absolute atomic E-state index is 12.1. The van der Waals surface area contributed by atoms with Crippen molar-refractivity contribution in [3.63, 3.8) is 0 Å². The third-order valence-electron chi connectivity index (χ3n) is 3.82. The van der Waals surface area contributed by atoms with Gasteiger partial charge in [0.2, 0.25) is 5.91 Å². The van der Waals surface area contributed by atoms with E-state index in [9.17, 15) is 14.7 Å². The van der Waals surface area contributed by atoms with Gasteiger partial charge in [-0.1, -0.05) is 23.2 Å². The van der Waals surface area contributed by atoms with Gasteiger partial charge in [0.15, 0.2) is 0 Å².